The summed E-state index contributed by atoms with van der Waals surface area (Å²) in [7, 11) is 0. The van der Waals surface area contributed by atoms with Gasteiger partial charge in [0.1, 0.15) is 13.2 Å². The van der Waals surface area contributed by atoms with Crippen LogP contribution in [0.15, 0.2) is 85.1 Å². The molecule has 0 amide bonds. The SMILES string of the molecule is CC/C=C\C/C=C\C/C=C\C/C=C\CCCCCC(=O)OC(COC(=O)CCCCCCC/C=C\CCCCC)COC(=O)CCCCCCCCCCCC/C=C\C=C/CCCCC. The molecule has 0 heterocycles. The van der Waals surface area contributed by atoms with E-state index in [-0.39, 0.29) is 37.5 Å². The van der Waals surface area contributed by atoms with Crippen molar-refractivity contribution in [2.45, 2.75) is 258 Å². The summed E-state index contributed by atoms with van der Waals surface area (Å²) in [6, 6.07) is 0. The van der Waals surface area contributed by atoms with E-state index < -0.39 is 6.10 Å². The van der Waals surface area contributed by atoms with Gasteiger partial charge in [0.05, 0.1) is 0 Å². The molecule has 0 rings (SSSR count). The third-order valence-corrected chi connectivity index (χ3v) is 11.4. The van der Waals surface area contributed by atoms with E-state index in [1.54, 1.807) is 0 Å². The number of hydrogen-bond donors (Lipinski definition) is 0. The van der Waals surface area contributed by atoms with Gasteiger partial charge in [-0.05, 0) is 109 Å². The molecule has 0 N–H and O–H groups in total. The van der Waals surface area contributed by atoms with Gasteiger partial charge in [0.25, 0.3) is 0 Å². The molecule has 0 aromatic heterocycles. The van der Waals surface area contributed by atoms with Crippen LogP contribution < -0.4 is 0 Å². The number of carbonyl (C=O) groups excluding carboxylic acids is 3. The predicted octanol–water partition coefficient (Wildman–Crippen LogP) is 18.0. The molecule has 0 saturated heterocycles. The van der Waals surface area contributed by atoms with E-state index in [9.17, 15) is 14.4 Å². The maximum Gasteiger partial charge on any atom is 0.306 e. The minimum Gasteiger partial charge on any atom is -0.462 e. The number of rotatable bonds is 48. The van der Waals surface area contributed by atoms with Crippen molar-refractivity contribution < 1.29 is 28.6 Å². The van der Waals surface area contributed by atoms with Crippen LogP contribution >= 0.6 is 0 Å². The van der Waals surface area contributed by atoms with Crippen molar-refractivity contribution in [1.82, 2.24) is 0 Å². The summed E-state index contributed by atoms with van der Waals surface area (Å²) in [5, 5.41) is 0. The van der Waals surface area contributed by atoms with Crippen LogP contribution in [0.2, 0.25) is 0 Å². The normalized spacial score (nSPS) is 12.7. The van der Waals surface area contributed by atoms with Gasteiger partial charge in [-0.15, -0.1) is 0 Å². The molecule has 0 aromatic rings. The summed E-state index contributed by atoms with van der Waals surface area (Å²) in [5.41, 5.74) is 0. The van der Waals surface area contributed by atoms with E-state index in [1.807, 2.05) is 0 Å². The van der Waals surface area contributed by atoms with Crippen LogP contribution in [-0.2, 0) is 28.6 Å². The Balaban J connectivity index is 4.42. The van der Waals surface area contributed by atoms with Crippen molar-refractivity contribution >= 4 is 17.9 Å². The van der Waals surface area contributed by atoms with Crippen molar-refractivity contribution in [2.24, 2.45) is 0 Å². The molecule has 0 saturated carbocycles. The molecule has 1 unspecified atom stereocenters. The average molecular weight is 905 g/mol. The van der Waals surface area contributed by atoms with E-state index in [2.05, 4.69) is 106 Å². The lowest BCUT2D eigenvalue weighted by molar-refractivity contribution is -0.167. The fraction of sp³-hybridized carbons (Fsp3) is 0.712. The Bertz CT molecular complexity index is 1270. The zero-order valence-electron chi connectivity index (χ0n) is 42.5. The highest BCUT2D eigenvalue weighted by molar-refractivity contribution is 5.71. The molecular weight excluding hydrogens is 805 g/mol. The fourth-order valence-corrected chi connectivity index (χ4v) is 7.30. The number of esters is 3. The van der Waals surface area contributed by atoms with Crippen molar-refractivity contribution in [2.75, 3.05) is 13.2 Å². The zero-order chi connectivity index (χ0) is 47.2. The van der Waals surface area contributed by atoms with Crippen LogP contribution in [0, 0.1) is 0 Å². The van der Waals surface area contributed by atoms with Crippen LogP contribution in [0.4, 0.5) is 0 Å². The fourth-order valence-electron chi connectivity index (χ4n) is 7.30. The van der Waals surface area contributed by atoms with Gasteiger partial charge in [-0.25, -0.2) is 0 Å². The minimum absolute atomic E-state index is 0.0941. The summed E-state index contributed by atoms with van der Waals surface area (Å²) in [5.74, 6) is -0.937. The first kappa shape index (κ1) is 61.6. The van der Waals surface area contributed by atoms with Crippen molar-refractivity contribution in [1.29, 1.82) is 0 Å². The van der Waals surface area contributed by atoms with Gasteiger partial charge < -0.3 is 14.2 Å². The minimum atomic E-state index is -0.798. The van der Waals surface area contributed by atoms with Crippen molar-refractivity contribution in [3.05, 3.63) is 85.1 Å². The smallest absolute Gasteiger partial charge is 0.306 e. The highest BCUT2D eigenvalue weighted by Gasteiger charge is 2.19. The lowest BCUT2D eigenvalue weighted by Crippen LogP contribution is -2.30. The molecule has 0 bridgehead atoms. The number of allylic oxidation sites excluding steroid dienone is 14. The van der Waals surface area contributed by atoms with E-state index in [0.717, 1.165) is 96.3 Å². The third kappa shape index (κ3) is 51.4. The maximum atomic E-state index is 12.8. The molecule has 65 heavy (non-hydrogen) atoms. The Kier molecular flexibility index (Phi) is 50.4. The van der Waals surface area contributed by atoms with Gasteiger partial charge in [-0.1, -0.05) is 209 Å². The second kappa shape index (κ2) is 53.2. The van der Waals surface area contributed by atoms with Gasteiger partial charge in [0.2, 0.25) is 0 Å². The molecular formula is C59H100O6. The van der Waals surface area contributed by atoms with E-state index >= 15 is 0 Å². The summed E-state index contributed by atoms with van der Waals surface area (Å²) < 4.78 is 16.8. The topological polar surface area (TPSA) is 78.9 Å². The molecule has 6 heteroatoms. The molecule has 0 aromatic carbocycles. The first-order valence-corrected chi connectivity index (χ1v) is 27.1. The summed E-state index contributed by atoms with van der Waals surface area (Å²) in [4.78, 5) is 38.0. The van der Waals surface area contributed by atoms with Crippen LogP contribution in [0.25, 0.3) is 0 Å². The summed E-state index contributed by atoms with van der Waals surface area (Å²) in [6.07, 6.45) is 68.5. The van der Waals surface area contributed by atoms with E-state index in [0.29, 0.717) is 12.8 Å². The Hall–Kier alpha value is -3.41. The zero-order valence-corrected chi connectivity index (χ0v) is 42.5. The number of ether oxygens (including phenoxy) is 3. The molecule has 6 nitrogen and oxygen atoms in total. The largest absolute Gasteiger partial charge is 0.462 e. The standard InChI is InChI=1S/C59H100O6/c1-4-7-10-13-16-19-22-25-27-29-30-31-33-34-37-40-43-46-49-52-58(61)64-55-56(54-63-57(60)51-48-45-42-39-36-24-21-18-15-12-9-6-3)65-59(62)53-50-47-44-41-38-35-32-28-26-23-20-17-14-11-8-5-2/h8,11,16-22,25-26,28,35,38,56H,4-7,9-10,12-15,23-24,27,29-34,36-37,39-55H2,1-3H3/b11-8-,19-16-,20-17-,21-18-,25-22-,28-26-,38-35-. The second-order valence-electron chi connectivity index (χ2n) is 17.8. The lowest BCUT2D eigenvalue weighted by atomic mass is 10.1. The molecule has 0 spiro atoms. The Morgan fingerprint density at radius 1 is 0.338 bits per heavy atom. The number of carbonyl (C=O) groups is 3. The van der Waals surface area contributed by atoms with Crippen molar-refractivity contribution in [3.63, 3.8) is 0 Å². The van der Waals surface area contributed by atoms with Gasteiger partial charge in [0, 0.05) is 19.3 Å². The van der Waals surface area contributed by atoms with Crippen LogP contribution in [0.3, 0.4) is 0 Å². The van der Waals surface area contributed by atoms with Crippen LogP contribution in [0.1, 0.15) is 252 Å². The molecule has 372 valence electrons. The van der Waals surface area contributed by atoms with E-state index in [4.69, 9.17) is 14.2 Å². The lowest BCUT2D eigenvalue weighted by Gasteiger charge is -2.18. The molecule has 0 aliphatic rings. The quantitative estimate of drug-likeness (QED) is 0.0199. The maximum absolute atomic E-state index is 12.8. The molecule has 0 radical (unpaired) electrons. The average Bonchev–Trinajstić information content (AvgIpc) is 3.30. The van der Waals surface area contributed by atoms with E-state index in [1.165, 1.54) is 116 Å². The molecule has 0 aliphatic heterocycles. The Labute approximate surface area is 401 Å². The van der Waals surface area contributed by atoms with Gasteiger partial charge in [0.15, 0.2) is 6.10 Å². The van der Waals surface area contributed by atoms with Crippen molar-refractivity contribution in [3.8, 4) is 0 Å². The van der Waals surface area contributed by atoms with Crippen LogP contribution in [0.5, 0.6) is 0 Å². The first-order valence-electron chi connectivity index (χ1n) is 27.1. The highest BCUT2D eigenvalue weighted by Crippen LogP contribution is 2.14. The molecule has 0 fully saturated rings. The Morgan fingerprint density at radius 3 is 1.06 bits per heavy atom. The summed E-state index contributed by atoms with van der Waals surface area (Å²) >= 11 is 0. The highest BCUT2D eigenvalue weighted by atomic mass is 16.6. The van der Waals surface area contributed by atoms with Gasteiger partial charge in [-0.3, -0.25) is 14.4 Å². The summed E-state index contributed by atoms with van der Waals surface area (Å²) in [6.45, 7) is 6.44. The van der Waals surface area contributed by atoms with Gasteiger partial charge in [-0.2, -0.15) is 0 Å². The predicted molar refractivity (Wildman–Crippen MR) is 279 cm³/mol. The molecule has 1 atom stereocenters. The second-order valence-corrected chi connectivity index (χ2v) is 17.8. The van der Waals surface area contributed by atoms with Crippen LogP contribution in [-0.4, -0.2) is 37.2 Å². The monoisotopic (exact) mass is 905 g/mol. The van der Waals surface area contributed by atoms with Gasteiger partial charge >= 0.3 is 17.9 Å². The Morgan fingerprint density at radius 2 is 0.646 bits per heavy atom. The number of hydrogen-bond acceptors (Lipinski definition) is 6. The number of unbranched alkanes of at least 4 members (excludes halogenated alkanes) is 24. The molecule has 0 aliphatic carbocycles. The third-order valence-electron chi connectivity index (χ3n) is 11.4. The first-order chi connectivity index (χ1) is 32.0.